The second-order valence-corrected chi connectivity index (χ2v) is 6.23. The third-order valence-electron chi connectivity index (χ3n) is 4.43. The van der Waals surface area contributed by atoms with Crippen molar-refractivity contribution in [3.8, 4) is 17.6 Å². The lowest BCUT2D eigenvalue weighted by Crippen LogP contribution is -2.48. The first-order valence-corrected chi connectivity index (χ1v) is 8.34. The molecule has 1 aliphatic carbocycles. The van der Waals surface area contributed by atoms with Crippen LogP contribution in [0.2, 0.25) is 0 Å². The van der Waals surface area contributed by atoms with Crippen molar-refractivity contribution in [1.82, 2.24) is 20.0 Å². The zero-order chi connectivity index (χ0) is 17.7. The topological polar surface area (TPSA) is 114 Å². The van der Waals surface area contributed by atoms with Crippen LogP contribution in [0.4, 0.5) is 0 Å². The zero-order valence-corrected chi connectivity index (χ0v) is 13.8. The van der Waals surface area contributed by atoms with Crippen LogP contribution in [0, 0.1) is 11.3 Å². The van der Waals surface area contributed by atoms with Gasteiger partial charge in [-0.05, 0) is 25.0 Å². The summed E-state index contributed by atoms with van der Waals surface area (Å²) in [4.78, 5) is 28.5. The molecule has 2 aromatic rings. The third-order valence-corrected chi connectivity index (χ3v) is 4.43. The summed E-state index contributed by atoms with van der Waals surface area (Å²) in [6.45, 7) is -0.266. The van der Waals surface area contributed by atoms with Crippen LogP contribution in [-0.4, -0.2) is 26.2 Å². The Morgan fingerprint density at radius 2 is 2.08 bits per heavy atom. The van der Waals surface area contributed by atoms with E-state index in [4.69, 9.17) is 0 Å². The van der Waals surface area contributed by atoms with Crippen molar-refractivity contribution < 1.29 is 9.32 Å². The molecule has 0 atom stereocenters. The summed E-state index contributed by atoms with van der Waals surface area (Å²) in [5.74, 6) is -0.957. The molecule has 25 heavy (non-hydrogen) atoms. The number of hydrogen-bond donors (Lipinski definition) is 1. The summed E-state index contributed by atoms with van der Waals surface area (Å²) in [5, 5.41) is 16.1. The van der Waals surface area contributed by atoms with Gasteiger partial charge in [0.15, 0.2) is 0 Å². The molecule has 0 aromatic carbocycles. The molecule has 8 heteroatoms. The maximum absolute atomic E-state index is 12.5. The van der Waals surface area contributed by atoms with Gasteiger partial charge in [-0.2, -0.15) is 5.26 Å². The van der Waals surface area contributed by atoms with Crippen LogP contribution in [-0.2, 0) is 11.3 Å². The fourth-order valence-electron chi connectivity index (χ4n) is 3.13. The third kappa shape index (κ3) is 3.76. The van der Waals surface area contributed by atoms with E-state index >= 15 is 0 Å². The summed E-state index contributed by atoms with van der Waals surface area (Å²) < 4.78 is 5.81. The molecule has 1 fully saturated rings. The smallest absolute Gasteiger partial charge is 0.336 e. The molecule has 1 N–H and O–H groups in total. The van der Waals surface area contributed by atoms with Crippen molar-refractivity contribution in [2.24, 2.45) is 0 Å². The Bertz CT molecular complexity index is 826. The number of amides is 1. The van der Waals surface area contributed by atoms with Gasteiger partial charge in [-0.15, -0.1) is 0 Å². The van der Waals surface area contributed by atoms with Gasteiger partial charge in [0.25, 0.3) is 0 Å². The summed E-state index contributed by atoms with van der Waals surface area (Å²) in [5.41, 5.74) is -0.426. The van der Waals surface area contributed by atoms with Gasteiger partial charge in [0.05, 0.1) is 6.07 Å². The highest BCUT2D eigenvalue weighted by atomic mass is 16.5. The molecule has 0 spiro atoms. The van der Waals surface area contributed by atoms with Crippen LogP contribution in [0.3, 0.4) is 0 Å². The van der Waals surface area contributed by atoms with E-state index in [2.05, 4.69) is 26.0 Å². The molecule has 3 rings (SSSR count). The fraction of sp³-hybridized carbons (Fsp3) is 0.471. The summed E-state index contributed by atoms with van der Waals surface area (Å²) in [6, 6.07) is 7.42. The molecule has 2 aromatic heterocycles. The minimum Gasteiger partial charge on any atom is -0.336 e. The van der Waals surface area contributed by atoms with Crippen LogP contribution >= 0.6 is 0 Å². The molecule has 1 amide bonds. The van der Waals surface area contributed by atoms with Crippen LogP contribution < -0.4 is 11.1 Å². The first kappa shape index (κ1) is 16.9. The number of nitrogens with zero attached hydrogens (tertiary/aromatic N) is 4. The van der Waals surface area contributed by atoms with Crippen molar-refractivity contribution in [2.45, 2.75) is 50.6 Å². The number of carbonyl (C=O) groups is 1. The number of aromatic nitrogens is 3. The Morgan fingerprint density at radius 3 is 2.72 bits per heavy atom. The van der Waals surface area contributed by atoms with Crippen molar-refractivity contribution in [1.29, 1.82) is 5.26 Å². The molecule has 0 saturated heterocycles. The van der Waals surface area contributed by atoms with Crippen molar-refractivity contribution in [2.75, 3.05) is 0 Å². The first-order chi connectivity index (χ1) is 12.1. The molecule has 0 radical (unpaired) electrons. The van der Waals surface area contributed by atoms with Gasteiger partial charge in [0, 0.05) is 6.20 Å². The molecule has 1 aliphatic rings. The molecule has 0 aliphatic heterocycles. The standard InChI is InChI=1S/C17H19N5O3/c18-12-17(8-4-1-2-5-9-17)20-14(23)11-22-15(21-25-16(22)24)13-7-3-6-10-19-13/h3,6-7,10H,1-2,4-5,8-9,11H2,(H,20,23). The van der Waals surface area contributed by atoms with E-state index in [-0.39, 0.29) is 12.4 Å². The quantitative estimate of drug-likeness (QED) is 0.846. The molecular formula is C17H19N5O3. The first-order valence-electron chi connectivity index (χ1n) is 8.34. The molecule has 1 saturated carbocycles. The summed E-state index contributed by atoms with van der Waals surface area (Å²) >= 11 is 0. The van der Waals surface area contributed by atoms with E-state index in [1.807, 2.05) is 0 Å². The van der Waals surface area contributed by atoms with Gasteiger partial charge in [0.1, 0.15) is 17.8 Å². The van der Waals surface area contributed by atoms with Gasteiger partial charge in [0.2, 0.25) is 11.7 Å². The predicted molar refractivity (Wildman–Crippen MR) is 88.2 cm³/mol. The van der Waals surface area contributed by atoms with Gasteiger partial charge >= 0.3 is 5.76 Å². The van der Waals surface area contributed by atoms with Gasteiger partial charge in [-0.3, -0.25) is 14.3 Å². The van der Waals surface area contributed by atoms with E-state index < -0.39 is 17.2 Å². The minimum atomic E-state index is -0.862. The second-order valence-electron chi connectivity index (χ2n) is 6.23. The van der Waals surface area contributed by atoms with E-state index in [1.54, 1.807) is 24.4 Å². The maximum atomic E-state index is 12.5. The van der Waals surface area contributed by atoms with Gasteiger partial charge in [-0.25, -0.2) is 9.36 Å². The Hall–Kier alpha value is -2.95. The highest BCUT2D eigenvalue weighted by molar-refractivity contribution is 5.77. The Kier molecular flexibility index (Phi) is 4.93. The molecule has 0 bridgehead atoms. The zero-order valence-electron chi connectivity index (χ0n) is 13.8. The second kappa shape index (κ2) is 7.30. The lowest BCUT2D eigenvalue weighted by molar-refractivity contribution is -0.123. The fourth-order valence-corrected chi connectivity index (χ4v) is 3.13. The van der Waals surface area contributed by atoms with Crippen LogP contribution in [0.25, 0.3) is 11.5 Å². The van der Waals surface area contributed by atoms with Crippen LogP contribution in [0.5, 0.6) is 0 Å². The van der Waals surface area contributed by atoms with Crippen molar-refractivity contribution in [3.63, 3.8) is 0 Å². The van der Waals surface area contributed by atoms with E-state index in [0.29, 0.717) is 18.5 Å². The van der Waals surface area contributed by atoms with Crippen molar-refractivity contribution in [3.05, 3.63) is 34.9 Å². The number of hydrogen-bond acceptors (Lipinski definition) is 6. The van der Waals surface area contributed by atoms with E-state index in [9.17, 15) is 14.9 Å². The van der Waals surface area contributed by atoms with Crippen LogP contribution in [0.1, 0.15) is 38.5 Å². The normalized spacial score (nSPS) is 16.6. The summed E-state index contributed by atoms with van der Waals surface area (Å²) in [7, 11) is 0. The molecular weight excluding hydrogens is 322 g/mol. The Morgan fingerprint density at radius 1 is 1.32 bits per heavy atom. The molecule has 0 unspecified atom stereocenters. The van der Waals surface area contributed by atoms with Crippen LogP contribution in [0.15, 0.2) is 33.7 Å². The monoisotopic (exact) mass is 341 g/mol. The number of rotatable bonds is 4. The van der Waals surface area contributed by atoms with E-state index in [1.165, 1.54) is 0 Å². The molecule has 2 heterocycles. The van der Waals surface area contributed by atoms with Crippen molar-refractivity contribution >= 4 is 5.91 Å². The highest BCUT2D eigenvalue weighted by Gasteiger charge is 2.33. The average molecular weight is 341 g/mol. The number of nitrogens with one attached hydrogen (secondary N) is 1. The highest BCUT2D eigenvalue weighted by Crippen LogP contribution is 2.26. The molecule has 130 valence electrons. The van der Waals surface area contributed by atoms with E-state index in [0.717, 1.165) is 30.3 Å². The number of nitriles is 1. The SMILES string of the molecule is N#CC1(NC(=O)Cn2c(-c3ccccn3)noc2=O)CCCCCC1. The summed E-state index contributed by atoms with van der Waals surface area (Å²) in [6.07, 6.45) is 6.75. The number of carbonyl (C=O) groups excluding carboxylic acids is 1. The van der Waals surface area contributed by atoms with Gasteiger partial charge < -0.3 is 5.32 Å². The largest absolute Gasteiger partial charge is 0.442 e. The minimum absolute atomic E-state index is 0.188. The lowest BCUT2D eigenvalue weighted by atomic mass is 9.92. The average Bonchev–Trinajstić information content (AvgIpc) is 2.84. The Balaban J connectivity index is 1.79. The maximum Gasteiger partial charge on any atom is 0.442 e. The van der Waals surface area contributed by atoms with Gasteiger partial charge in [-0.1, -0.05) is 36.9 Å². The lowest BCUT2D eigenvalue weighted by Gasteiger charge is -2.26. The predicted octanol–water partition coefficient (Wildman–Crippen LogP) is 1.63. The Labute approximate surface area is 144 Å². The molecule has 8 nitrogen and oxygen atoms in total. The number of pyridine rings is 1.